The molecular formula is C31H24F2N4O6. The number of hydrogen-bond donors (Lipinski definition) is 0. The molecule has 5 heterocycles. The van der Waals surface area contributed by atoms with Crippen molar-refractivity contribution in [2.45, 2.75) is 40.5 Å². The number of esters is 1. The number of carbonyl (C=O) groups is 1. The zero-order valence-electron chi connectivity index (χ0n) is 23.4. The minimum absolute atomic E-state index is 0.0437. The first-order valence-electron chi connectivity index (χ1n) is 13.6. The van der Waals surface area contributed by atoms with Crippen LogP contribution in [0.25, 0.3) is 43.8 Å². The summed E-state index contributed by atoms with van der Waals surface area (Å²) in [7, 11) is 0. The van der Waals surface area contributed by atoms with Gasteiger partial charge in [0.2, 0.25) is 5.71 Å². The van der Waals surface area contributed by atoms with E-state index in [4.69, 9.17) is 13.9 Å². The summed E-state index contributed by atoms with van der Waals surface area (Å²) < 4.78 is 50.1. The molecule has 4 aromatic heterocycles. The van der Waals surface area contributed by atoms with Gasteiger partial charge in [-0.2, -0.15) is 0 Å². The van der Waals surface area contributed by atoms with Gasteiger partial charge in [0.1, 0.15) is 29.2 Å². The molecule has 0 radical (unpaired) electrons. The van der Waals surface area contributed by atoms with Gasteiger partial charge in [-0.15, -0.1) is 0 Å². The van der Waals surface area contributed by atoms with E-state index in [2.05, 4.69) is 9.97 Å². The zero-order valence-corrected chi connectivity index (χ0v) is 23.4. The van der Waals surface area contributed by atoms with Crippen molar-refractivity contribution >= 4 is 49.8 Å². The van der Waals surface area contributed by atoms with Crippen molar-refractivity contribution in [1.29, 1.82) is 0 Å². The van der Waals surface area contributed by atoms with E-state index in [9.17, 15) is 14.4 Å². The Balaban J connectivity index is 1.43. The normalized spacial score (nSPS) is 13.2. The summed E-state index contributed by atoms with van der Waals surface area (Å²) in [6.07, 6.45) is 3.04. The molecule has 0 saturated carbocycles. The number of hydrogen-bond acceptors (Lipinski definition) is 8. The Hall–Kier alpha value is -5.13. The van der Waals surface area contributed by atoms with E-state index in [0.717, 1.165) is 10.6 Å². The van der Waals surface area contributed by atoms with Crippen LogP contribution in [0.5, 0.6) is 5.75 Å². The third kappa shape index (κ3) is 4.16. The highest BCUT2D eigenvalue weighted by molar-refractivity contribution is 6.21. The van der Waals surface area contributed by atoms with E-state index in [-0.39, 0.29) is 47.6 Å². The predicted octanol–water partition coefficient (Wildman–Crippen LogP) is 4.81. The van der Waals surface area contributed by atoms with Crippen LogP contribution in [-0.2, 0) is 29.2 Å². The number of halogens is 2. The molecule has 12 heteroatoms. The summed E-state index contributed by atoms with van der Waals surface area (Å²) in [5.74, 6) is -1.37. The molecule has 0 atom stereocenters. The second-order valence-corrected chi connectivity index (χ2v) is 11.5. The van der Waals surface area contributed by atoms with Crippen molar-refractivity contribution in [2.24, 2.45) is 5.41 Å². The van der Waals surface area contributed by atoms with Gasteiger partial charge in [0.05, 0.1) is 40.4 Å². The Morgan fingerprint density at radius 1 is 1.07 bits per heavy atom. The van der Waals surface area contributed by atoms with Crippen molar-refractivity contribution in [1.82, 2.24) is 19.1 Å². The standard InChI is InChI=1S/C31H24F2N4O6/c1-31(2,3)30(40)42-14-36-13-35-21-10-19(32)15(9-18(21)28(36)38)12-37-22-11-20(33)16-6-8-41-26(16)24(22)23-17-5-4-7-34-27(17)43-29(39)25(23)37/h4-5,7,9-11,13H,6,8,12,14H2,1-3H3. The van der Waals surface area contributed by atoms with Crippen LogP contribution in [0.15, 0.2) is 56.9 Å². The van der Waals surface area contributed by atoms with Crippen LogP contribution in [0.1, 0.15) is 31.9 Å². The van der Waals surface area contributed by atoms with Gasteiger partial charge >= 0.3 is 11.6 Å². The van der Waals surface area contributed by atoms with Gasteiger partial charge in [0.15, 0.2) is 6.73 Å². The molecule has 6 aromatic rings. The molecule has 1 aliphatic rings. The van der Waals surface area contributed by atoms with E-state index in [1.807, 2.05) is 0 Å². The van der Waals surface area contributed by atoms with Gasteiger partial charge in [-0.1, -0.05) is 0 Å². The Morgan fingerprint density at radius 2 is 1.88 bits per heavy atom. The lowest BCUT2D eigenvalue weighted by Crippen LogP contribution is -2.28. The minimum Gasteiger partial charge on any atom is -0.492 e. The Bertz CT molecular complexity index is 2280. The number of aromatic nitrogens is 4. The number of nitrogens with zero attached hydrogens (tertiary/aromatic N) is 4. The summed E-state index contributed by atoms with van der Waals surface area (Å²) in [5.41, 5.74) is -1.05. The lowest BCUT2D eigenvalue weighted by molar-refractivity contribution is -0.157. The fraction of sp³-hybridized carbons (Fsp3) is 0.258. The van der Waals surface area contributed by atoms with Gasteiger partial charge < -0.3 is 18.5 Å². The minimum atomic E-state index is -0.773. The van der Waals surface area contributed by atoms with Crippen molar-refractivity contribution in [2.75, 3.05) is 6.61 Å². The Morgan fingerprint density at radius 3 is 2.67 bits per heavy atom. The van der Waals surface area contributed by atoms with E-state index in [1.165, 1.54) is 29.2 Å². The smallest absolute Gasteiger partial charge is 0.362 e. The molecule has 0 N–H and O–H groups in total. The highest BCUT2D eigenvalue weighted by atomic mass is 19.1. The molecule has 7 rings (SSSR count). The number of carbonyl (C=O) groups excluding carboxylic acids is 1. The topological polar surface area (TPSA) is 118 Å². The fourth-order valence-electron chi connectivity index (χ4n) is 5.52. The van der Waals surface area contributed by atoms with Crippen LogP contribution in [0.4, 0.5) is 8.78 Å². The van der Waals surface area contributed by atoms with Gasteiger partial charge in [-0.25, -0.2) is 23.5 Å². The van der Waals surface area contributed by atoms with Crippen LogP contribution >= 0.6 is 0 Å². The summed E-state index contributed by atoms with van der Waals surface area (Å²) in [6, 6.07) is 7.19. The highest BCUT2D eigenvalue weighted by Gasteiger charge is 2.29. The maximum absolute atomic E-state index is 15.5. The molecular weight excluding hydrogens is 562 g/mol. The van der Waals surface area contributed by atoms with Gasteiger partial charge in [0.25, 0.3) is 5.56 Å². The van der Waals surface area contributed by atoms with Crippen LogP contribution in [0.2, 0.25) is 0 Å². The van der Waals surface area contributed by atoms with Gasteiger partial charge in [0, 0.05) is 40.6 Å². The van der Waals surface area contributed by atoms with E-state index < -0.39 is 34.2 Å². The molecule has 0 saturated heterocycles. The van der Waals surface area contributed by atoms with Crippen molar-refractivity contribution in [3.05, 3.63) is 86.4 Å². The Labute approximate surface area is 241 Å². The monoisotopic (exact) mass is 586 g/mol. The highest BCUT2D eigenvalue weighted by Crippen LogP contribution is 2.43. The molecule has 43 heavy (non-hydrogen) atoms. The molecule has 0 spiro atoms. The van der Waals surface area contributed by atoms with Gasteiger partial charge in [-0.05, 0) is 45.0 Å². The third-order valence-electron chi connectivity index (χ3n) is 7.65. The molecule has 0 bridgehead atoms. The van der Waals surface area contributed by atoms with Crippen molar-refractivity contribution in [3.63, 3.8) is 0 Å². The lowest BCUT2D eigenvalue weighted by atomic mass is 9.98. The lowest BCUT2D eigenvalue weighted by Gasteiger charge is -2.17. The molecule has 2 aromatic carbocycles. The zero-order chi connectivity index (χ0) is 30.2. The summed E-state index contributed by atoms with van der Waals surface area (Å²) >= 11 is 0. The van der Waals surface area contributed by atoms with Crippen LogP contribution < -0.4 is 15.9 Å². The third-order valence-corrected chi connectivity index (χ3v) is 7.65. The number of ether oxygens (including phenoxy) is 2. The van der Waals surface area contributed by atoms with Crippen LogP contribution in [0.3, 0.4) is 0 Å². The number of fused-ring (bicyclic) bond motifs is 8. The fourth-order valence-corrected chi connectivity index (χ4v) is 5.52. The molecule has 218 valence electrons. The number of rotatable bonds is 4. The quantitative estimate of drug-likeness (QED) is 0.270. The van der Waals surface area contributed by atoms with Gasteiger partial charge in [-0.3, -0.25) is 14.2 Å². The Kier molecular flexibility index (Phi) is 5.88. The molecule has 0 unspecified atom stereocenters. The maximum atomic E-state index is 15.5. The summed E-state index contributed by atoms with van der Waals surface area (Å²) in [5, 5.41) is 1.55. The molecule has 10 nitrogen and oxygen atoms in total. The maximum Gasteiger partial charge on any atom is 0.362 e. The SMILES string of the molecule is CC(C)(C)C(=O)OCn1cnc2cc(F)c(Cn3c4cc(F)c5c(c4c4c6cccnc6oc(=O)c43)OCC5)cc2c1=O. The average molecular weight is 587 g/mol. The molecule has 0 aliphatic carbocycles. The first-order chi connectivity index (χ1) is 20.5. The molecule has 0 fully saturated rings. The predicted molar refractivity (Wildman–Crippen MR) is 153 cm³/mol. The number of pyridine rings is 1. The molecule has 1 aliphatic heterocycles. The van der Waals surface area contributed by atoms with E-state index in [0.29, 0.717) is 39.4 Å². The van der Waals surface area contributed by atoms with Crippen molar-refractivity contribution in [3.8, 4) is 5.75 Å². The van der Waals surface area contributed by atoms with Crippen LogP contribution in [-0.4, -0.2) is 31.7 Å². The first kappa shape index (κ1) is 26.7. The number of benzene rings is 2. The first-order valence-corrected chi connectivity index (χ1v) is 13.6. The largest absolute Gasteiger partial charge is 0.492 e. The second-order valence-electron chi connectivity index (χ2n) is 11.5. The van der Waals surface area contributed by atoms with Crippen molar-refractivity contribution < 1.29 is 27.5 Å². The summed E-state index contributed by atoms with van der Waals surface area (Å²) in [6.45, 7) is 4.72. The van der Waals surface area contributed by atoms with E-state index in [1.54, 1.807) is 32.9 Å². The second kappa shape index (κ2) is 9.45. The average Bonchev–Trinajstić information content (AvgIpc) is 3.57. The van der Waals surface area contributed by atoms with E-state index >= 15 is 8.78 Å². The molecule has 0 amide bonds. The van der Waals surface area contributed by atoms with Crippen LogP contribution in [0, 0.1) is 17.0 Å². The summed E-state index contributed by atoms with van der Waals surface area (Å²) in [4.78, 5) is 47.3.